The second-order valence-electron chi connectivity index (χ2n) is 7.18. The summed E-state index contributed by atoms with van der Waals surface area (Å²) in [6, 6.07) is 7.36. The van der Waals surface area contributed by atoms with Gasteiger partial charge in [-0.05, 0) is 57.5 Å². The smallest absolute Gasteiger partial charge is 0.313 e. The number of hydrogen-bond donors (Lipinski definition) is 1. The van der Waals surface area contributed by atoms with Gasteiger partial charge >= 0.3 is 5.97 Å². The Morgan fingerprint density at radius 2 is 1.79 bits per heavy atom. The topological polar surface area (TPSA) is 68.5 Å². The average molecular weight is 401 g/mol. The van der Waals surface area contributed by atoms with E-state index in [-0.39, 0.29) is 17.2 Å². The van der Waals surface area contributed by atoms with Gasteiger partial charge < -0.3 is 9.84 Å². The lowest BCUT2D eigenvalue weighted by atomic mass is 9.97. The van der Waals surface area contributed by atoms with Crippen molar-refractivity contribution in [3.05, 3.63) is 64.9 Å². The van der Waals surface area contributed by atoms with Gasteiger partial charge in [-0.2, -0.15) is 0 Å². The molecule has 3 aromatic rings. The van der Waals surface area contributed by atoms with Crippen molar-refractivity contribution in [2.24, 2.45) is 0 Å². The highest BCUT2D eigenvalue weighted by Crippen LogP contribution is 2.36. The van der Waals surface area contributed by atoms with E-state index in [9.17, 15) is 23.5 Å². The molecule has 1 atom stereocenters. The Labute approximate surface area is 166 Å². The average Bonchev–Trinajstić information content (AvgIpc) is 2.91. The number of phenols is 1. The highest BCUT2D eigenvalue weighted by atomic mass is 19.1. The zero-order valence-electron chi connectivity index (χ0n) is 16.5. The Balaban J connectivity index is 2.26. The highest BCUT2D eigenvalue weighted by Gasteiger charge is 2.29. The van der Waals surface area contributed by atoms with Crippen LogP contribution in [0.5, 0.6) is 5.75 Å². The summed E-state index contributed by atoms with van der Waals surface area (Å²) in [5.74, 6) is -3.95. The molecule has 0 spiro atoms. The normalized spacial score (nSPS) is 12.4. The third kappa shape index (κ3) is 3.72. The van der Waals surface area contributed by atoms with E-state index < -0.39 is 35.2 Å². The van der Waals surface area contributed by atoms with E-state index in [1.165, 1.54) is 28.8 Å². The number of aromatic nitrogens is 1. The lowest BCUT2D eigenvalue weighted by Gasteiger charge is -2.15. The number of fused-ring (bicyclic) bond motifs is 1. The van der Waals surface area contributed by atoms with Gasteiger partial charge in [-0.15, -0.1) is 0 Å². The molecule has 29 heavy (non-hydrogen) atoms. The third-order valence-corrected chi connectivity index (χ3v) is 4.73. The lowest BCUT2D eigenvalue weighted by molar-refractivity contribution is -0.148. The number of halogens is 2. The molecule has 0 aliphatic heterocycles. The standard InChI is InChI=1S/C22H21F2NO4/c1-11(2)29-22(28)12(3)20-13(4)25(18-10-17(24)19(26)9-16(18)20)21(27)14-6-5-7-15(23)8-14/h5-12,26H,1-4H3. The van der Waals surface area contributed by atoms with Gasteiger partial charge in [0.1, 0.15) is 5.82 Å². The van der Waals surface area contributed by atoms with Gasteiger partial charge in [0.05, 0.1) is 17.5 Å². The summed E-state index contributed by atoms with van der Waals surface area (Å²) in [5, 5.41) is 10.2. The van der Waals surface area contributed by atoms with Crippen LogP contribution < -0.4 is 0 Å². The van der Waals surface area contributed by atoms with Crippen molar-refractivity contribution in [2.75, 3.05) is 0 Å². The second kappa shape index (κ2) is 7.66. The predicted molar refractivity (Wildman–Crippen MR) is 104 cm³/mol. The summed E-state index contributed by atoms with van der Waals surface area (Å²) in [7, 11) is 0. The molecular weight excluding hydrogens is 380 g/mol. The van der Waals surface area contributed by atoms with Gasteiger partial charge in [0.15, 0.2) is 11.6 Å². The molecule has 0 saturated heterocycles. The van der Waals surface area contributed by atoms with Gasteiger partial charge in [-0.1, -0.05) is 6.07 Å². The fourth-order valence-corrected chi connectivity index (χ4v) is 3.46. The maximum absolute atomic E-state index is 14.1. The van der Waals surface area contributed by atoms with Crippen LogP contribution in [0.25, 0.3) is 10.9 Å². The molecule has 0 radical (unpaired) electrons. The van der Waals surface area contributed by atoms with Crippen molar-refractivity contribution in [2.45, 2.75) is 39.7 Å². The van der Waals surface area contributed by atoms with Crippen LogP contribution >= 0.6 is 0 Å². The maximum Gasteiger partial charge on any atom is 0.313 e. The monoisotopic (exact) mass is 401 g/mol. The van der Waals surface area contributed by atoms with Crippen LogP contribution in [0, 0.1) is 18.6 Å². The third-order valence-electron chi connectivity index (χ3n) is 4.73. The van der Waals surface area contributed by atoms with Crippen LogP contribution in [-0.4, -0.2) is 27.7 Å². The minimum Gasteiger partial charge on any atom is -0.505 e. The summed E-state index contributed by atoms with van der Waals surface area (Å²) >= 11 is 0. The number of rotatable bonds is 4. The number of esters is 1. The number of ether oxygens (including phenoxy) is 1. The first-order chi connectivity index (χ1) is 13.6. The van der Waals surface area contributed by atoms with Crippen molar-refractivity contribution in [1.29, 1.82) is 0 Å². The molecule has 0 aliphatic carbocycles. The number of benzene rings is 2. The number of carbonyl (C=O) groups excluding carboxylic acids is 2. The molecule has 1 heterocycles. The molecule has 1 aromatic heterocycles. The largest absolute Gasteiger partial charge is 0.505 e. The predicted octanol–water partition coefficient (Wildman–Crippen LogP) is 4.68. The zero-order valence-corrected chi connectivity index (χ0v) is 16.5. The molecule has 0 amide bonds. The minimum atomic E-state index is -0.910. The van der Waals surface area contributed by atoms with E-state index in [1.54, 1.807) is 27.7 Å². The Kier molecular flexibility index (Phi) is 5.42. The summed E-state index contributed by atoms with van der Waals surface area (Å²) < 4.78 is 34.2. The number of aromatic hydroxyl groups is 1. The summed E-state index contributed by atoms with van der Waals surface area (Å²) in [6.07, 6.45) is -0.335. The molecule has 1 unspecified atom stereocenters. The molecule has 0 fully saturated rings. The Bertz CT molecular complexity index is 1120. The van der Waals surface area contributed by atoms with E-state index in [0.29, 0.717) is 16.6 Å². The number of hydrogen-bond acceptors (Lipinski definition) is 4. The fraction of sp³-hybridized carbons (Fsp3) is 0.273. The van der Waals surface area contributed by atoms with Gasteiger partial charge in [-0.25, -0.2) is 8.78 Å². The molecule has 0 aliphatic rings. The summed E-state index contributed by atoms with van der Waals surface area (Å²) in [4.78, 5) is 25.6. The summed E-state index contributed by atoms with van der Waals surface area (Å²) in [5.41, 5.74) is 1.06. The number of nitrogens with zero attached hydrogens (tertiary/aromatic N) is 1. The molecule has 5 nitrogen and oxygen atoms in total. The molecular formula is C22H21F2NO4. The summed E-state index contributed by atoms with van der Waals surface area (Å²) in [6.45, 7) is 6.66. The van der Waals surface area contributed by atoms with Gasteiger partial charge in [-0.3, -0.25) is 14.2 Å². The van der Waals surface area contributed by atoms with E-state index in [4.69, 9.17) is 4.74 Å². The minimum absolute atomic E-state index is 0.0717. The van der Waals surface area contributed by atoms with Crippen molar-refractivity contribution >= 4 is 22.8 Å². The maximum atomic E-state index is 14.1. The highest BCUT2D eigenvalue weighted by molar-refractivity contribution is 6.05. The second-order valence-corrected chi connectivity index (χ2v) is 7.18. The van der Waals surface area contributed by atoms with Crippen molar-refractivity contribution in [1.82, 2.24) is 4.57 Å². The van der Waals surface area contributed by atoms with Crippen molar-refractivity contribution in [3.8, 4) is 5.75 Å². The molecule has 1 N–H and O–H groups in total. The van der Waals surface area contributed by atoms with Gasteiger partial charge in [0.2, 0.25) is 0 Å². The lowest BCUT2D eigenvalue weighted by Crippen LogP contribution is -2.19. The Hall–Kier alpha value is -3.22. The zero-order chi connectivity index (χ0) is 21.5. The first-order valence-electron chi connectivity index (χ1n) is 9.16. The fourth-order valence-electron chi connectivity index (χ4n) is 3.46. The molecule has 0 saturated carbocycles. The first kappa shape index (κ1) is 20.5. The van der Waals surface area contributed by atoms with E-state index in [1.807, 2.05) is 0 Å². The van der Waals surface area contributed by atoms with Gasteiger partial charge in [0, 0.05) is 22.7 Å². The van der Waals surface area contributed by atoms with Crippen LogP contribution in [-0.2, 0) is 9.53 Å². The van der Waals surface area contributed by atoms with Gasteiger partial charge in [0.25, 0.3) is 5.91 Å². The van der Waals surface area contributed by atoms with E-state index in [0.717, 1.165) is 12.1 Å². The molecule has 7 heteroatoms. The van der Waals surface area contributed by atoms with Crippen molar-refractivity contribution < 1.29 is 28.2 Å². The first-order valence-corrected chi connectivity index (χ1v) is 9.16. The van der Waals surface area contributed by atoms with Crippen LogP contribution in [0.2, 0.25) is 0 Å². The molecule has 152 valence electrons. The molecule has 0 bridgehead atoms. The Morgan fingerprint density at radius 3 is 2.41 bits per heavy atom. The van der Waals surface area contributed by atoms with E-state index >= 15 is 0 Å². The molecule has 2 aromatic carbocycles. The van der Waals surface area contributed by atoms with Crippen LogP contribution in [0.3, 0.4) is 0 Å². The quantitative estimate of drug-likeness (QED) is 0.645. The van der Waals surface area contributed by atoms with Crippen LogP contribution in [0.1, 0.15) is 48.3 Å². The SMILES string of the molecule is Cc1c(C(C)C(=O)OC(C)C)c2cc(O)c(F)cc2n1C(=O)c1cccc(F)c1. The molecule has 3 rings (SSSR count). The number of carbonyl (C=O) groups is 2. The van der Waals surface area contributed by atoms with Crippen LogP contribution in [0.15, 0.2) is 36.4 Å². The van der Waals surface area contributed by atoms with Crippen molar-refractivity contribution in [3.63, 3.8) is 0 Å². The van der Waals surface area contributed by atoms with E-state index in [2.05, 4.69) is 0 Å². The van der Waals surface area contributed by atoms with Crippen LogP contribution in [0.4, 0.5) is 8.78 Å². The Morgan fingerprint density at radius 1 is 1.10 bits per heavy atom. The number of phenolic OH excluding ortho intramolecular Hbond substituents is 1.